The van der Waals surface area contributed by atoms with Gasteiger partial charge in [-0.1, -0.05) is 11.6 Å². The maximum absolute atomic E-state index is 11.2. The molecule has 1 heterocycles. The molecule has 0 saturated heterocycles. The molecule has 0 radical (unpaired) electrons. The Kier molecular flexibility index (Phi) is 2.14. The number of nitrogens with zero attached hydrogens (tertiary/aromatic N) is 1. The molecular weight excluding hydrogens is 198 g/mol. The van der Waals surface area contributed by atoms with Crippen LogP contribution in [-0.4, -0.2) is 15.9 Å². The van der Waals surface area contributed by atoms with E-state index in [0.717, 1.165) is 12.8 Å². The van der Waals surface area contributed by atoms with Crippen molar-refractivity contribution in [2.24, 2.45) is 11.0 Å². The van der Waals surface area contributed by atoms with Gasteiger partial charge in [0.2, 0.25) is 5.91 Å². The second-order valence-electron chi connectivity index (χ2n) is 2.74. The zero-order valence-corrected chi connectivity index (χ0v) is 7.78. The standard InChI is InChI=1S/C6H8ClN3OS/c7-5-9-10-6(12-5)8-4(11)3-1-2-3/h3,5,9H,1-2H2,(H,8,10,11). The van der Waals surface area contributed by atoms with Gasteiger partial charge in [-0.05, 0) is 24.6 Å². The van der Waals surface area contributed by atoms with E-state index >= 15 is 0 Å². The topological polar surface area (TPSA) is 53.5 Å². The first-order valence-corrected chi connectivity index (χ1v) is 5.02. The van der Waals surface area contributed by atoms with Crippen molar-refractivity contribution in [1.29, 1.82) is 0 Å². The molecule has 12 heavy (non-hydrogen) atoms. The van der Waals surface area contributed by atoms with Crippen LogP contribution in [0.4, 0.5) is 0 Å². The second kappa shape index (κ2) is 3.14. The Balaban J connectivity index is 1.82. The van der Waals surface area contributed by atoms with Crippen molar-refractivity contribution in [2.45, 2.75) is 17.7 Å². The summed E-state index contributed by atoms with van der Waals surface area (Å²) < 4.78 is 0. The number of thioether (sulfide) groups is 1. The summed E-state index contributed by atoms with van der Waals surface area (Å²) >= 11 is 6.98. The van der Waals surface area contributed by atoms with Crippen LogP contribution in [0.1, 0.15) is 12.8 Å². The number of carbonyl (C=O) groups is 1. The first kappa shape index (κ1) is 8.19. The van der Waals surface area contributed by atoms with Crippen molar-refractivity contribution in [1.82, 2.24) is 10.7 Å². The van der Waals surface area contributed by atoms with Crippen molar-refractivity contribution in [3.8, 4) is 0 Å². The van der Waals surface area contributed by atoms with E-state index in [1.54, 1.807) is 0 Å². The van der Waals surface area contributed by atoms with Crippen molar-refractivity contribution in [3.63, 3.8) is 0 Å². The lowest BCUT2D eigenvalue weighted by molar-refractivity contribution is -0.120. The Morgan fingerprint density at radius 1 is 1.75 bits per heavy atom. The molecule has 1 aliphatic carbocycles. The molecule has 1 saturated carbocycles. The molecule has 6 heteroatoms. The number of alkyl halides is 1. The fourth-order valence-electron chi connectivity index (χ4n) is 0.870. The average molecular weight is 206 g/mol. The van der Waals surface area contributed by atoms with Gasteiger partial charge in [-0.15, -0.1) is 0 Å². The third-order valence-electron chi connectivity index (χ3n) is 1.66. The zero-order valence-electron chi connectivity index (χ0n) is 6.21. The summed E-state index contributed by atoms with van der Waals surface area (Å²) in [7, 11) is 0. The summed E-state index contributed by atoms with van der Waals surface area (Å²) in [6, 6.07) is 0. The molecule has 1 fully saturated rings. The number of rotatable bonds is 1. The molecule has 2 rings (SSSR count). The molecule has 1 aliphatic heterocycles. The Morgan fingerprint density at radius 2 is 2.50 bits per heavy atom. The van der Waals surface area contributed by atoms with Gasteiger partial charge >= 0.3 is 0 Å². The van der Waals surface area contributed by atoms with Crippen LogP contribution in [0.15, 0.2) is 5.10 Å². The number of hydrogen-bond donors (Lipinski definition) is 2. The minimum absolute atomic E-state index is 0.0637. The van der Waals surface area contributed by atoms with Crippen molar-refractivity contribution in [2.75, 3.05) is 0 Å². The molecule has 1 unspecified atom stereocenters. The number of carbonyl (C=O) groups excluding carboxylic acids is 1. The van der Waals surface area contributed by atoms with Crippen LogP contribution in [0.25, 0.3) is 0 Å². The predicted octanol–water partition coefficient (Wildman–Crippen LogP) is 0.642. The summed E-state index contributed by atoms with van der Waals surface area (Å²) in [4.78, 5) is 10.9. The van der Waals surface area contributed by atoms with Crippen LogP contribution in [0.3, 0.4) is 0 Å². The minimum Gasteiger partial charge on any atom is -0.303 e. The number of nitrogens with one attached hydrogen (secondary N) is 2. The van der Waals surface area contributed by atoms with Gasteiger partial charge in [0.05, 0.1) is 0 Å². The number of amides is 1. The molecule has 66 valence electrons. The van der Waals surface area contributed by atoms with Gasteiger partial charge in [0, 0.05) is 5.92 Å². The lowest BCUT2D eigenvalue weighted by atomic mass is 10.4. The predicted molar refractivity (Wildman–Crippen MR) is 48.7 cm³/mol. The number of hydrogen-bond acceptors (Lipinski definition) is 4. The molecule has 0 bridgehead atoms. The monoisotopic (exact) mass is 205 g/mol. The van der Waals surface area contributed by atoms with E-state index in [0.29, 0.717) is 5.17 Å². The van der Waals surface area contributed by atoms with Gasteiger partial charge in [0.15, 0.2) is 10.0 Å². The Morgan fingerprint density at radius 3 is 3.00 bits per heavy atom. The van der Waals surface area contributed by atoms with Crippen molar-refractivity contribution in [3.05, 3.63) is 0 Å². The first-order chi connectivity index (χ1) is 5.75. The van der Waals surface area contributed by atoms with Gasteiger partial charge in [0.1, 0.15) is 0 Å². The summed E-state index contributed by atoms with van der Waals surface area (Å²) in [5, 5.41) is 7.11. The Bertz CT molecular complexity index is 241. The highest BCUT2D eigenvalue weighted by atomic mass is 35.5. The smallest absolute Gasteiger partial charge is 0.229 e. The highest BCUT2D eigenvalue weighted by Gasteiger charge is 2.31. The van der Waals surface area contributed by atoms with Crippen LogP contribution >= 0.6 is 23.4 Å². The van der Waals surface area contributed by atoms with Crippen molar-refractivity contribution < 1.29 is 4.79 Å². The SMILES string of the molecule is O=C(NC1=NNC(Cl)S1)C1CC1. The quantitative estimate of drug-likeness (QED) is 0.488. The molecule has 0 aromatic heterocycles. The highest BCUT2D eigenvalue weighted by molar-refractivity contribution is 8.15. The van der Waals surface area contributed by atoms with Gasteiger partial charge in [-0.2, -0.15) is 5.10 Å². The summed E-state index contributed by atoms with van der Waals surface area (Å²) in [5.41, 5.74) is 2.64. The summed E-state index contributed by atoms with van der Waals surface area (Å²) in [6.45, 7) is 0. The molecule has 1 amide bonds. The number of amidine groups is 1. The van der Waals surface area contributed by atoms with Gasteiger partial charge < -0.3 is 5.32 Å². The van der Waals surface area contributed by atoms with E-state index in [1.165, 1.54) is 11.8 Å². The maximum Gasteiger partial charge on any atom is 0.229 e. The van der Waals surface area contributed by atoms with E-state index < -0.39 is 0 Å². The normalized spacial score (nSPS) is 27.8. The third-order valence-corrected chi connectivity index (χ3v) is 2.75. The molecule has 2 aliphatic rings. The van der Waals surface area contributed by atoms with E-state index in [9.17, 15) is 4.79 Å². The van der Waals surface area contributed by atoms with E-state index in [4.69, 9.17) is 11.6 Å². The summed E-state index contributed by atoms with van der Waals surface area (Å²) in [5.74, 6) is 0.275. The van der Waals surface area contributed by atoms with Gasteiger partial charge in [-0.3, -0.25) is 10.2 Å². The maximum atomic E-state index is 11.2. The largest absolute Gasteiger partial charge is 0.303 e. The van der Waals surface area contributed by atoms with Crippen LogP contribution in [0.5, 0.6) is 0 Å². The molecular formula is C6H8ClN3OS. The molecule has 0 aromatic carbocycles. The fraction of sp³-hybridized carbons (Fsp3) is 0.667. The van der Waals surface area contributed by atoms with E-state index in [2.05, 4.69) is 15.8 Å². The van der Waals surface area contributed by atoms with Crippen LogP contribution in [0.2, 0.25) is 0 Å². The first-order valence-electron chi connectivity index (χ1n) is 3.70. The van der Waals surface area contributed by atoms with Crippen LogP contribution in [0, 0.1) is 5.92 Å². The van der Waals surface area contributed by atoms with Crippen LogP contribution < -0.4 is 10.7 Å². The van der Waals surface area contributed by atoms with E-state index in [-0.39, 0.29) is 16.7 Å². The van der Waals surface area contributed by atoms with Crippen LogP contribution in [-0.2, 0) is 4.79 Å². The minimum atomic E-state index is -0.250. The van der Waals surface area contributed by atoms with Gasteiger partial charge in [-0.25, -0.2) is 0 Å². The molecule has 1 atom stereocenters. The second-order valence-corrected chi connectivity index (χ2v) is 4.53. The Labute approximate surface area is 79.1 Å². The fourth-order valence-corrected chi connectivity index (χ4v) is 1.74. The van der Waals surface area contributed by atoms with E-state index in [1.807, 2.05) is 0 Å². The van der Waals surface area contributed by atoms with Crippen molar-refractivity contribution >= 4 is 34.4 Å². The molecule has 4 nitrogen and oxygen atoms in total. The molecule has 0 aromatic rings. The number of hydrazone groups is 1. The third kappa shape index (κ3) is 1.84. The lowest BCUT2D eigenvalue weighted by Crippen LogP contribution is -2.28. The lowest BCUT2D eigenvalue weighted by Gasteiger charge is -2.00. The molecule has 0 spiro atoms. The average Bonchev–Trinajstić information content (AvgIpc) is 2.78. The molecule has 2 N–H and O–H groups in total. The number of halogens is 1. The summed E-state index contributed by atoms with van der Waals surface area (Å²) in [6.07, 6.45) is 2.00. The highest BCUT2D eigenvalue weighted by Crippen LogP contribution is 2.29. The Hall–Kier alpha value is -0.420. The van der Waals surface area contributed by atoms with Gasteiger partial charge in [0.25, 0.3) is 0 Å². The zero-order chi connectivity index (χ0) is 8.55.